The lowest BCUT2D eigenvalue weighted by Gasteiger charge is -2.07. The van der Waals surface area contributed by atoms with Crippen LogP contribution in [0.5, 0.6) is 0 Å². The number of amides is 1. The topological polar surface area (TPSA) is 71.8 Å². The molecule has 100 valence electrons. The van der Waals surface area contributed by atoms with Crippen molar-refractivity contribution in [1.82, 2.24) is 14.8 Å². The van der Waals surface area contributed by atoms with Gasteiger partial charge in [0, 0.05) is 25.7 Å². The van der Waals surface area contributed by atoms with Gasteiger partial charge in [0.05, 0.1) is 5.69 Å². The molecule has 7 heteroatoms. The van der Waals surface area contributed by atoms with Gasteiger partial charge >= 0.3 is 0 Å². The van der Waals surface area contributed by atoms with Crippen molar-refractivity contribution in [3.63, 3.8) is 0 Å². The average molecular weight is 280 g/mol. The number of halogens is 1. The second kappa shape index (κ2) is 5.27. The van der Waals surface area contributed by atoms with Crippen LogP contribution in [0, 0.1) is 6.92 Å². The first-order chi connectivity index (χ1) is 8.99. The highest BCUT2D eigenvalue weighted by Crippen LogP contribution is 2.16. The van der Waals surface area contributed by atoms with Crippen molar-refractivity contribution in [3.05, 3.63) is 34.6 Å². The fourth-order valence-electron chi connectivity index (χ4n) is 1.67. The molecule has 2 aromatic heterocycles. The van der Waals surface area contributed by atoms with Crippen LogP contribution in [0.2, 0.25) is 5.15 Å². The molecular weight excluding hydrogens is 266 g/mol. The summed E-state index contributed by atoms with van der Waals surface area (Å²) in [6, 6.07) is 4.94. The number of carbonyl (C=O) groups is 1. The van der Waals surface area contributed by atoms with Crippen LogP contribution >= 0.6 is 11.6 Å². The summed E-state index contributed by atoms with van der Waals surface area (Å²) in [5.41, 5.74) is 1.27. The molecule has 0 saturated carbocycles. The average Bonchev–Trinajstić information content (AvgIpc) is 2.67. The van der Waals surface area contributed by atoms with Crippen LogP contribution in [0.25, 0.3) is 0 Å². The van der Waals surface area contributed by atoms with Gasteiger partial charge in [-0.25, -0.2) is 4.98 Å². The normalized spacial score (nSPS) is 10.3. The number of hydrogen-bond donors (Lipinski definition) is 2. The summed E-state index contributed by atoms with van der Waals surface area (Å²) in [6.45, 7) is 1.86. The number of pyridine rings is 1. The molecule has 0 aromatic carbocycles. The monoisotopic (exact) mass is 279 g/mol. The van der Waals surface area contributed by atoms with E-state index in [-0.39, 0.29) is 11.1 Å². The number of aromatic nitrogens is 3. The third kappa shape index (κ3) is 3.03. The van der Waals surface area contributed by atoms with Gasteiger partial charge in [0.2, 0.25) is 0 Å². The van der Waals surface area contributed by atoms with Crippen molar-refractivity contribution < 1.29 is 4.79 Å². The Labute approximate surface area is 115 Å². The van der Waals surface area contributed by atoms with Crippen LogP contribution in [0.4, 0.5) is 11.6 Å². The Balaban J connectivity index is 2.25. The van der Waals surface area contributed by atoms with E-state index in [1.165, 1.54) is 6.07 Å². The third-order valence-electron chi connectivity index (χ3n) is 2.56. The maximum absolute atomic E-state index is 12.1. The van der Waals surface area contributed by atoms with Crippen molar-refractivity contribution >= 4 is 29.1 Å². The summed E-state index contributed by atoms with van der Waals surface area (Å²) in [5, 5.41) is 10.0. The highest BCUT2D eigenvalue weighted by atomic mass is 35.5. The highest BCUT2D eigenvalue weighted by Gasteiger charge is 2.11. The van der Waals surface area contributed by atoms with Gasteiger partial charge < -0.3 is 10.6 Å². The molecule has 0 fully saturated rings. The van der Waals surface area contributed by atoms with E-state index in [2.05, 4.69) is 20.7 Å². The van der Waals surface area contributed by atoms with Gasteiger partial charge in [0.1, 0.15) is 16.8 Å². The van der Waals surface area contributed by atoms with Gasteiger partial charge in [-0.2, -0.15) is 5.10 Å². The molecule has 0 aliphatic heterocycles. The molecule has 0 saturated heterocycles. The minimum Gasteiger partial charge on any atom is -0.373 e. The molecule has 0 radical (unpaired) electrons. The predicted molar refractivity (Wildman–Crippen MR) is 74.7 cm³/mol. The van der Waals surface area contributed by atoms with Crippen molar-refractivity contribution in [3.8, 4) is 0 Å². The van der Waals surface area contributed by atoms with E-state index >= 15 is 0 Å². The molecule has 0 spiro atoms. The Morgan fingerprint density at radius 1 is 1.37 bits per heavy atom. The van der Waals surface area contributed by atoms with Crippen molar-refractivity contribution in [1.29, 1.82) is 0 Å². The maximum atomic E-state index is 12.1. The van der Waals surface area contributed by atoms with Crippen LogP contribution in [0.15, 0.2) is 18.2 Å². The Morgan fingerprint density at radius 3 is 2.68 bits per heavy atom. The Hall–Kier alpha value is -2.08. The minimum absolute atomic E-state index is 0.260. The highest BCUT2D eigenvalue weighted by molar-refractivity contribution is 6.30. The fraction of sp³-hybridized carbons (Fsp3) is 0.250. The third-order valence-corrected chi connectivity index (χ3v) is 2.75. The lowest BCUT2D eigenvalue weighted by atomic mass is 10.2. The zero-order chi connectivity index (χ0) is 14.0. The number of hydrogen-bond acceptors (Lipinski definition) is 4. The smallest absolute Gasteiger partial charge is 0.257 e. The first-order valence-corrected chi connectivity index (χ1v) is 6.04. The summed E-state index contributed by atoms with van der Waals surface area (Å²) in [6.07, 6.45) is 0. The first kappa shape index (κ1) is 13.4. The quantitative estimate of drug-likeness (QED) is 0.844. The zero-order valence-electron chi connectivity index (χ0n) is 10.9. The van der Waals surface area contributed by atoms with Crippen LogP contribution in [0.1, 0.15) is 16.1 Å². The van der Waals surface area contributed by atoms with E-state index in [4.69, 9.17) is 11.6 Å². The van der Waals surface area contributed by atoms with E-state index in [1.807, 2.05) is 6.92 Å². The SMILES string of the molecule is CNc1cc(C(=O)Nc2cc(C)nn2C)cc(Cl)n1. The van der Waals surface area contributed by atoms with E-state index in [1.54, 1.807) is 30.9 Å². The molecule has 6 nitrogen and oxygen atoms in total. The molecule has 0 unspecified atom stereocenters. The van der Waals surface area contributed by atoms with E-state index in [9.17, 15) is 4.79 Å². The zero-order valence-corrected chi connectivity index (χ0v) is 11.6. The standard InChI is InChI=1S/C12H14ClN5O/c1-7-4-11(18(3)17-7)16-12(19)8-5-9(13)15-10(6-8)14-2/h4-6H,1-3H3,(H,14,15)(H,16,19). The number of carbonyl (C=O) groups excluding carboxylic acids is 1. The molecule has 0 atom stereocenters. The summed E-state index contributed by atoms with van der Waals surface area (Å²) >= 11 is 5.86. The molecule has 19 heavy (non-hydrogen) atoms. The summed E-state index contributed by atoms with van der Waals surface area (Å²) in [4.78, 5) is 16.1. The maximum Gasteiger partial charge on any atom is 0.257 e. The Kier molecular flexibility index (Phi) is 3.71. The van der Waals surface area contributed by atoms with Crippen molar-refractivity contribution in [2.24, 2.45) is 7.05 Å². The summed E-state index contributed by atoms with van der Waals surface area (Å²) in [5.74, 6) is 0.907. The lowest BCUT2D eigenvalue weighted by Crippen LogP contribution is -2.15. The molecule has 0 aliphatic rings. The molecule has 2 N–H and O–H groups in total. The molecule has 1 amide bonds. The first-order valence-electron chi connectivity index (χ1n) is 5.67. The van der Waals surface area contributed by atoms with E-state index in [0.717, 1.165) is 5.69 Å². The Bertz CT molecular complexity index is 623. The van der Waals surface area contributed by atoms with Crippen molar-refractivity contribution in [2.45, 2.75) is 6.92 Å². The number of nitrogens with one attached hydrogen (secondary N) is 2. The van der Waals surface area contributed by atoms with Gasteiger partial charge in [-0.1, -0.05) is 11.6 Å². The molecule has 2 aromatic rings. The van der Waals surface area contributed by atoms with E-state index < -0.39 is 0 Å². The van der Waals surface area contributed by atoms with Crippen LogP contribution in [0.3, 0.4) is 0 Å². The largest absolute Gasteiger partial charge is 0.373 e. The van der Waals surface area contributed by atoms with E-state index in [0.29, 0.717) is 17.2 Å². The summed E-state index contributed by atoms with van der Waals surface area (Å²) < 4.78 is 1.61. The molecule has 0 bridgehead atoms. The number of nitrogens with zero attached hydrogens (tertiary/aromatic N) is 3. The van der Waals surface area contributed by atoms with Crippen LogP contribution in [-0.4, -0.2) is 27.7 Å². The van der Waals surface area contributed by atoms with Gasteiger partial charge in [0.25, 0.3) is 5.91 Å². The second-order valence-corrected chi connectivity index (χ2v) is 4.45. The second-order valence-electron chi connectivity index (χ2n) is 4.06. The van der Waals surface area contributed by atoms with Crippen LogP contribution in [-0.2, 0) is 7.05 Å². The molecule has 2 heterocycles. The van der Waals surface area contributed by atoms with Gasteiger partial charge in [-0.15, -0.1) is 0 Å². The number of anilines is 2. The van der Waals surface area contributed by atoms with Crippen molar-refractivity contribution in [2.75, 3.05) is 17.7 Å². The predicted octanol–water partition coefficient (Wildman–Crippen LogP) is 2.07. The van der Waals surface area contributed by atoms with Gasteiger partial charge in [0.15, 0.2) is 0 Å². The molecule has 2 rings (SSSR count). The van der Waals surface area contributed by atoms with Gasteiger partial charge in [-0.3, -0.25) is 9.48 Å². The Morgan fingerprint density at radius 2 is 2.11 bits per heavy atom. The fourth-order valence-corrected chi connectivity index (χ4v) is 1.88. The van der Waals surface area contributed by atoms with Gasteiger partial charge in [-0.05, 0) is 19.1 Å². The molecule has 0 aliphatic carbocycles. The minimum atomic E-state index is -0.260. The van der Waals surface area contributed by atoms with Crippen LogP contribution < -0.4 is 10.6 Å². The lowest BCUT2D eigenvalue weighted by molar-refractivity contribution is 0.102. The number of rotatable bonds is 3. The molecular formula is C12H14ClN5O. The summed E-state index contributed by atoms with van der Waals surface area (Å²) in [7, 11) is 3.48. The number of aryl methyl sites for hydroxylation is 2.